The second-order valence-electron chi connectivity index (χ2n) is 6.83. The van der Waals surface area contributed by atoms with Gasteiger partial charge in [0, 0.05) is 13.5 Å². The number of hydrogen-bond acceptors (Lipinski definition) is 3. The van der Waals surface area contributed by atoms with Crippen LogP contribution in [0.3, 0.4) is 0 Å². The minimum Gasteiger partial charge on any atom is -0.354 e. The third-order valence-electron chi connectivity index (χ3n) is 4.20. The molecule has 130 valence electrons. The topological polar surface area (TPSA) is 58.2 Å². The van der Waals surface area contributed by atoms with Gasteiger partial charge in [-0.25, -0.2) is 0 Å². The van der Waals surface area contributed by atoms with Crippen molar-refractivity contribution in [1.82, 2.24) is 5.32 Å². The van der Waals surface area contributed by atoms with Crippen LogP contribution in [-0.2, 0) is 4.79 Å². The first-order valence-corrected chi connectivity index (χ1v) is 9.28. The molecule has 0 unspecified atom stereocenters. The Morgan fingerprint density at radius 1 is 1.22 bits per heavy atom. The van der Waals surface area contributed by atoms with Gasteiger partial charge in [-0.1, -0.05) is 40.0 Å². The van der Waals surface area contributed by atoms with Gasteiger partial charge in [0.2, 0.25) is 5.91 Å². The average Bonchev–Trinajstić information content (AvgIpc) is 2.88. The van der Waals surface area contributed by atoms with Gasteiger partial charge in [-0.15, -0.1) is 11.3 Å². The van der Waals surface area contributed by atoms with Gasteiger partial charge in [-0.2, -0.15) is 0 Å². The summed E-state index contributed by atoms with van der Waals surface area (Å²) in [5, 5.41) is 7.14. The summed E-state index contributed by atoms with van der Waals surface area (Å²) in [5.74, 6) is -0.249. The van der Waals surface area contributed by atoms with E-state index in [1.54, 1.807) is 14.0 Å². The average molecular weight is 339 g/mol. The van der Waals surface area contributed by atoms with E-state index in [0.29, 0.717) is 22.4 Å². The van der Waals surface area contributed by atoms with Crippen molar-refractivity contribution in [2.45, 2.75) is 66.2 Å². The van der Waals surface area contributed by atoms with Gasteiger partial charge in [-0.05, 0) is 36.1 Å². The predicted octanol–water partition coefficient (Wildman–Crippen LogP) is 4.74. The second kappa shape index (κ2) is 9.06. The number of nitrogens with one attached hydrogen (secondary N) is 2. The first kappa shape index (κ1) is 19.7. The van der Waals surface area contributed by atoms with Crippen LogP contribution in [0.15, 0.2) is 5.38 Å². The summed E-state index contributed by atoms with van der Waals surface area (Å²) >= 11 is 1.33. The van der Waals surface area contributed by atoms with Crippen LogP contribution < -0.4 is 10.6 Å². The predicted molar refractivity (Wildman–Crippen MR) is 98.2 cm³/mol. The summed E-state index contributed by atoms with van der Waals surface area (Å²) in [4.78, 5) is 23.3. The van der Waals surface area contributed by atoms with Crippen molar-refractivity contribution >= 4 is 28.8 Å². The van der Waals surface area contributed by atoms with Gasteiger partial charge in [0.25, 0.3) is 5.91 Å². The molecule has 0 aliphatic heterocycles. The van der Waals surface area contributed by atoms with Crippen LogP contribution >= 0.6 is 11.3 Å². The largest absolute Gasteiger partial charge is 0.354 e. The SMILES string of the molecule is CC1(C)CCCCC1.CCC(=O)Nc1c(C)csc1C(=O)NC. The lowest BCUT2D eigenvalue weighted by Gasteiger charge is -2.28. The highest BCUT2D eigenvalue weighted by atomic mass is 32.1. The molecule has 1 aliphatic carbocycles. The van der Waals surface area contributed by atoms with E-state index in [2.05, 4.69) is 24.5 Å². The molecule has 0 aromatic carbocycles. The van der Waals surface area contributed by atoms with Crippen LogP contribution in [0.5, 0.6) is 0 Å². The maximum atomic E-state index is 11.5. The molecule has 0 radical (unpaired) electrons. The zero-order valence-electron chi connectivity index (χ0n) is 15.0. The number of amides is 2. The first-order valence-electron chi connectivity index (χ1n) is 8.40. The Morgan fingerprint density at radius 3 is 2.26 bits per heavy atom. The van der Waals surface area contributed by atoms with Gasteiger partial charge in [-0.3, -0.25) is 9.59 Å². The number of hydrogen-bond donors (Lipinski definition) is 2. The smallest absolute Gasteiger partial charge is 0.263 e. The van der Waals surface area contributed by atoms with Crippen molar-refractivity contribution in [3.63, 3.8) is 0 Å². The summed E-state index contributed by atoms with van der Waals surface area (Å²) in [5.41, 5.74) is 2.23. The Kier molecular flexibility index (Phi) is 7.76. The molecule has 1 saturated carbocycles. The van der Waals surface area contributed by atoms with Crippen LogP contribution in [0.4, 0.5) is 5.69 Å². The molecular formula is C18H30N2O2S. The number of carbonyl (C=O) groups excluding carboxylic acids is 2. The van der Waals surface area contributed by atoms with E-state index < -0.39 is 0 Å². The molecule has 2 amide bonds. The van der Waals surface area contributed by atoms with E-state index in [4.69, 9.17) is 0 Å². The lowest BCUT2D eigenvalue weighted by atomic mass is 9.78. The van der Waals surface area contributed by atoms with Crippen molar-refractivity contribution in [2.24, 2.45) is 5.41 Å². The van der Waals surface area contributed by atoms with E-state index in [-0.39, 0.29) is 11.8 Å². The molecule has 2 N–H and O–H groups in total. The Balaban J connectivity index is 0.000000277. The summed E-state index contributed by atoms with van der Waals surface area (Å²) in [6.07, 6.45) is 7.71. The van der Waals surface area contributed by atoms with Crippen LogP contribution in [0.25, 0.3) is 0 Å². The number of anilines is 1. The van der Waals surface area contributed by atoms with Crippen LogP contribution in [0.1, 0.15) is 74.5 Å². The van der Waals surface area contributed by atoms with Crippen molar-refractivity contribution in [2.75, 3.05) is 12.4 Å². The number of thiophene rings is 1. The summed E-state index contributed by atoms with van der Waals surface area (Å²) < 4.78 is 0. The molecule has 1 aromatic rings. The van der Waals surface area contributed by atoms with Gasteiger partial charge in [0.05, 0.1) is 5.69 Å². The highest BCUT2D eigenvalue weighted by Crippen LogP contribution is 2.34. The highest BCUT2D eigenvalue weighted by molar-refractivity contribution is 7.13. The summed E-state index contributed by atoms with van der Waals surface area (Å²) in [6.45, 7) is 8.41. The monoisotopic (exact) mass is 338 g/mol. The Labute approximate surface area is 144 Å². The Hall–Kier alpha value is -1.36. The fourth-order valence-corrected chi connectivity index (χ4v) is 3.57. The zero-order chi connectivity index (χ0) is 17.5. The quantitative estimate of drug-likeness (QED) is 0.836. The van der Waals surface area contributed by atoms with Gasteiger partial charge < -0.3 is 10.6 Å². The molecule has 4 nitrogen and oxygen atoms in total. The molecule has 2 rings (SSSR count). The molecule has 5 heteroatoms. The number of carbonyl (C=O) groups is 2. The molecule has 0 bridgehead atoms. The minimum absolute atomic E-state index is 0.0818. The normalized spacial score (nSPS) is 16.0. The molecule has 0 spiro atoms. The van der Waals surface area contributed by atoms with Gasteiger partial charge in [0.15, 0.2) is 0 Å². The third-order valence-corrected chi connectivity index (χ3v) is 5.30. The maximum absolute atomic E-state index is 11.5. The summed E-state index contributed by atoms with van der Waals surface area (Å²) in [6, 6.07) is 0. The molecule has 0 saturated heterocycles. The third kappa shape index (κ3) is 6.34. The Bertz CT molecular complexity index is 527. The van der Waals surface area contributed by atoms with Crippen LogP contribution in [0, 0.1) is 12.3 Å². The summed E-state index contributed by atoms with van der Waals surface area (Å²) in [7, 11) is 1.57. The number of rotatable bonds is 3. The van der Waals surface area contributed by atoms with E-state index >= 15 is 0 Å². The molecule has 1 aliphatic rings. The van der Waals surface area contributed by atoms with E-state index in [9.17, 15) is 9.59 Å². The maximum Gasteiger partial charge on any atom is 0.263 e. The van der Waals surface area contributed by atoms with Crippen molar-refractivity contribution in [1.29, 1.82) is 0 Å². The standard InChI is InChI=1S/C10H14N2O2S.C8H16/c1-4-7(13)12-8-6(2)5-15-9(8)10(14)11-3;1-8(2)6-4-3-5-7-8/h5H,4H2,1-3H3,(H,11,14)(H,12,13);3-7H2,1-2H3. The van der Waals surface area contributed by atoms with Crippen LogP contribution in [0.2, 0.25) is 0 Å². The first-order chi connectivity index (χ1) is 10.8. The molecule has 1 heterocycles. The second-order valence-corrected chi connectivity index (χ2v) is 7.71. The van der Waals surface area contributed by atoms with Gasteiger partial charge in [0.1, 0.15) is 4.88 Å². The van der Waals surface area contributed by atoms with Crippen LogP contribution in [-0.4, -0.2) is 18.9 Å². The molecule has 1 fully saturated rings. The molecule has 0 atom stereocenters. The molecule has 1 aromatic heterocycles. The van der Waals surface area contributed by atoms with Crippen molar-refractivity contribution in [3.05, 3.63) is 15.8 Å². The molecule has 23 heavy (non-hydrogen) atoms. The Morgan fingerprint density at radius 2 is 1.83 bits per heavy atom. The zero-order valence-corrected chi connectivity index (χ0v) is 15.9. The molecular weight excluding hydrogens is 308 g/mol. The highest BCUT2D eigenvalue weighted by Gasteiger charge is 2.20. The lowest BCUT2D eigenvalue weighted by molar-refractivity contribution is -0.115. The van der Waals surface area contributed by atoms with E-state index in [1.807, 2.05) is 12.3 Å². The van der Waals surface area contributed by atoms with E-state index in [1.165, 1.54) is 43.4 Å². The van der Waals surface area contributed by atoms with Crippen molar-refractivity contribution in [3.8, 4) is 0 Å². The van der Waals surface area contributed by atoms with Crippen molar-refractivity contribution < 1.29 is 9.59 Å². The van der Waals surface area contributed by atoms with Gasteiger partial charge >= 0.3 is 0 Å². The fraction of sp³-hybridized carbons (Fsp3) is 0.667. The fourth-order valence-electron chi connectivity index (χ4n) is 2.62. The number of aryl methyl sites for hydroxylation is 1. The van der Waals surface area contributed by atoms with E-state index in [0.717, 1.165) is 5.56 Å². The lowest BCUT2D eigenvalue weighted by Crippen LogP contribution is -2.19. The minimum atomic E-state index is -0.167.